The number of carbonyl (C=O) groups excluding carboxylic acids is 1. The number of amides is 2. The number of urea groups is 1. The molecule has 0 aromatic carbocycles. The van der Waals surface area contributed by atoms with E-state index in [4.69, 9.17) is 4.98 Å². The number of pyridine rings is 1. The van der Waals surface area contributed by atoms with E-state index in [1.165, 1.54) is 0 Å². The Morgan fingerprint density at radius 3 is 2.68 bits per heavy atom. The van der Waals surface area contributed by atoms with E-state index < -0.39 is 0 Å². The van der Waals surface area contributed by atoms with Crippen LogP contribution in [0, 0.1) is 6.92 Å². The zero-order valence-electron chi connectivity index (χ0n) is 16.5. The molecule has 0 aliphatic carbocycles. The van der Waals surface area contributed by atoms with Crippen LogP contribution in [0.4, 0.5) is 16.3 Å². The molecule has 0 unspecified atom stereocenters. The van der Waals surface area contributed by atoms with E-state index in [1.54, 1.807) is 6.20 Å². The standard InChI is InChI=1S/C20H25N7O/c1-14(2)19-22-15(3)12-18(24-19)25-8-10-26(11-9-25)20(28)23-16-4-5-17-21-6-7-27(17)13-16/h4-7,12-14H,8-11H2,1-3H3,(H,23,28). The minimum absolute atomic E-state index is 0.0825. The molecule has 1 aliphatic rings. The molecule has 1 N–H and O–H groups in total. The van der Waals surface area contributed by atoms with Gasteiger partial charge in [-0.1, -0.05) is 13.8 Å². The highest BCUT2D eigenvalue weighted by Crippen LogP contribution is 2.19. The van der Waals surface area contributed by atoms with Gasteiger partial charge < -0.3 is 19.5 Å². The molecule has 1 saturated heterocycles. The van der Waals surface area contributed by atoms with Gasteiger partial charge in [-0.05, 0) is 19.1 Å². The van der Waals surface area contributed by atoms with Crippen LogP contribution in [-0.4, -0.2) is 56.5 Å². The van der Waals surface area contributed by atoms with Crippen LogP contribution in [0.1, 0.15) is 31.3 Å². The quantitative estimate of drug-likeness (QED) is 0.757. The van der Waals surface area contributed by atoms with Gasteiger partial charge in [0.25, 0.3) is 0 Å². The lowest BCUT2D eigenvalue weighted by molar-refractivity contribution is 0.208. The van der Waals surface area contributed by atoms with Gasteiger partial charge in [-0.2, -0.15) is 0 Å². The molecule has 0 radical (unpaired) electrons. The summed E-state index contributed by atoms with van der Waals surface area (Å²) in [7, 11) is 0. The summed E-state index contributed by atoms with van der Waals surface area (Å²) in [4.78, 5) is 30.1. The summed E-state index contributed by atoms with van der Waals surface area (Å²) in [5.74, 6) is 2.10. The van der Waals surface area contributed by atoms with Gasteiger partial charge in [0.1, 0.15) is 17.3 Å². The predicted octanol–water partition coefficient (Wildman–Crippen LogP) is 2.91. The maximum atomic E-state index is 12.6. The molecule has 0 bridgehead atoms. The summed E-state index contributed by atoms with van der Waals surface area (Å²) >= 11 is 0. The highest BCUT2D eigenvalue weighted by molar-refractivity contribution is 5.89. The Kier molecular flexibility index (Phi) is 4.85. The fraction of sp³-hybridized carbons (Fsp3) is 0.400. The average molecular weight is 379 g/mol. The van der Waals surface area contributed by atoms with Crippen molar-refractivity contribution < 1.29 is 4.79 Å². The molecule has 0 saturated carbocycles. The molecule has 0 atom stereocenters. The summed E-state index contributed by atoms with van der Waals surface area (Å²) in [6.45, 7) is 9.00. The highest BCUT2D eigenvalue weighted by Gasteiger charge is 2.23. The Morgan fingerprint density at radius 1 is 1.14 bits per heavy atom. The topological polar surface area (TPSA) is 78.7 Å². The lowest BCUT2D eigenvalue weighted by atomic mass is 10.2. The van der Waals surface area contributed by atoms with E-state index in [1.807, 2.05) is 46.8 Å². The van der Waals surface area contributed by atoms with Crippen LogP contribution in [0.15, 0.2) is 36.8 Å². The molecule has 4 rings (SSSR count). The second-order valence-electron chi connectivity index (χ2n) is 7.40. The fourth-order valence-electron chi connectivity index (χ4n) is 3.33. The number of aryl methyl sites for hydroxylation is 1. The number of piperazine rings is 1. The molecule has 8 heteroatoms. The van der Waals surface area contributed by atoms with Crippen molar-refractivity contribution in [2.45, 2.75) is 26.7 Å². The van der Waals surface area contributed by atoms with Crippen molar-refractivity contribution in [3.8, 4) is 0 Å². The minimum atomic E-state index is -0.0825. The molecular weight excluding hydrogens is 354 g/mol. The Bertz CT molecular complexity index is 989. The monoisotopic (exact) mass is 379 g/mol. The van der Waals surface area contributed by atoms with Crippen molar-refractivity contribution >= 4 is 23.2 Å². The van der Waals surface area contributed by atoms with Crippen molar-refractivity contribution in [3.05, 3.63) is 48.3 Å². The number of fused-ring (bicyclic) bond motifs is 1. The number of rotatable bonds is 3. The van der Waals surface area contributed by atoms with Gasteiger partial charge in [0.2, 0.25) is 0 Å². The Balaban J connectivity index is 1.39. The highest BCUT2D eigenvalue weighted by atomic mass is 16.2. The number of carbonyl (C=O) groups is 1. The van der Waals surface area contributed by atoms with Gasteiger partial charge in [0.15, 0.2) is 0 Å². The Morgan fingerprint density at radius 2 is 1.93 bits per heavy atom. The zero-order valence-corrected chi connectivity index (χ0v) is 16.5. The molecule has 3 aromatic rings. The molecule has 0 spiro atoms. The van der Waals surface area contributed by atoms with Gasteiger partial charge in [-0.25, -0.2) is 19.7 Å². The molecular formula is C20H25N7O. The molecule has 146 valence electrons. The van der Waals surface area contributed by atoms with Crippen molar-refractivity contribution in [2.24, 2.45) is 0 Å². The average Bonchev–Trinajstić information content (AvgIpc) is 3.15. The number of anilines is 2. The van der Waals surface area contributed by atoms with Crippen molar-refractivity contribution in [3.63, 3.8) is 0 Å². The first-order valence-electron chi connectivity index (χ1n) is 9.59. The van der Waals surface area contributed by atoms with E-state index in [2.05, 4.69) is 34.0 Å². The lowest BCUT2D eigenvalue weighted by Gasteiger charge is -2.35. The second kappa shape index (κ2) is 7.46. The minimum Gasteiger partial charge on any atom is -0.353 e. The number of aromatic nitrogens is 4. The summed E-state index contributed by atoms with van der Waals surface area (Å²) < 4.78 is 1.89. The van der Waals surface area contributed by atoms with Crippen LogP contribution in [0.3, 0.4) is 0 Å². The Labute approximate surface area is 164 Å². The third kappa shape index (κ3) is 3.76. The van der Waals surface area contributed by atoms with Gasteiger partial charge in [0.05, 0.1) is 5.69 Å². The molecule has 28 heavy (non-hydrogen) atoms. The SMILES string of the molecule is Cc1cc(N2CCN(C(=O)Nc3ccc4nccn4c3)CC2)nc(C(C)C)n1. The first-order valence-corrected chi connectivity index (χ1v) is 9.59. The van der Waals surface area contributed by atoms with Crippen molar-refractivity contribution in [1.82, 2.24) is 24.3 Å². The van der Waals surface area contributed by atoms with Crippen LogP contribution in [0.25, 0.3) is 5.65 Å². The van der Waals surface area contributed by atoms with E-state index in [-0.39, 0.29) is 6.03 Å². The number of hydrogen-bond donors (Lipinski definition) is 1. The smallest absolute Gasteiger partial charge is 0.322 e. The first-order chi connectivity index (χ1) is 13.5. The van der Waals surface area contributed by atoms with Crippen LogP contribution >= 0.6 is 0 Å². The van der Waals surface area contributed by atoms with Crippen LogP contribution in [0.5, 0.6) is 0 Å². The predicted molar refractivity (Wildman–Crippen MR) is 109 cm³/mol. The number of hydrogen-bond acceptors (Lipinski definition) is 5. The van der Waals surface area contributed by atoms with E-state index >= 15 is 0 Å². The van der Waals surface area contributed by atoms with Gasteiger partial charge in [0, 0.05) is 62.4 Å². The van der Waals surface area contributed by atoms with Crippen LogP contribution in [-0.2, 0) is 0 Å². The third-order valence-electron chi connectivity index (χ3n) is 4.91. The summed E-state index contributed by atoms with van der Waals surface area (Å²) in [6.07, 6.45) is 5.46. The molecule has 1 aliphatic heterocycles. The Hall–Kier alpha value is -3.16. The third-order valence-corrected chi connectivity index (χ3v) is 4.91. The van der Waals surface area contributed by atoms with Gasteiger partial charge in [-0.3, -0.25) is 0 Å². The maximum absolute atomic E-state index is 12.6. The maximum Gasteiger partial charge on any atom is 0.322 e. The van der Waals surface area contributed by atoms with Crippen LogP contribution < -0.4 is 10.2 Å². The van der Waals surface area contributed by atoms with Crippen molar-refractivity contribution in [1.29, 1.82) is 0 Å². The number of imidazole rings is 1. The number of nitrogens with zero attached hydrogens (tertiary/aromatic N) is 6. The van der Waals surface area contributed by atoms with Gasteiger partial charge >= 0.3 is 6.03 Å². The molecule has 3 aromatic heterocycles. The molecule has 2 amide bonds. The van der Waals surface area contributed by atoms with E-state index in [0.29, 0.717) is 19.0 Å². The van der Waals surface area contributed by atoms with E-state index in [9.17, 15) is 4.79 Å². The number of nitrogens with one attached hydrogen (secondary N) is 1. The largest absolute Gasteiger partial charge is 0.353 e. The summed E-state index contributed by atoms with van der Waals surface area (Å²) in [5, 5.41) is 2.98. The second-order valence-corrected chi connectivity index (χ2v) is 7.40. The zero-order chi connectivity index (χ0) is 19.7. The van der Waals surface area contributed by atoms with E-state index in [0.717, 1.165) is 41.8 Å². The molecule has 1 fully saturated rings. The molecule has 8 nitrogen and oxygen atoms in total. The van der Waals surface area contributed by atoms with Crippen LogP contribution in [0.2, 0.25) is 0 Å². The normalized spacial score (nSPS) is 14.7. The molecule has 4 heterocycles. The summed E-state index contributed by atoms with van der Waals surface area (Å²) in [6, 6.07) is 5.69. The van der Waals surface area contributed by atoms with Crippen molar-refractivity contribution in [2.75, 3.05) is 36.4 Å². The lowest BCUT2D eigenvalue weighted by Crippen LogP contribution is -2.50. The summed E-state index contributed by atoms with van der Waals surface area (Å²) in [5.41, 5.74) is 2.59. The van der Waals surface area contributed by atoms with Gasteiger partial charge in [-0.15, -0.1) is 0 Å². The first kappa shape index (κ1) is 18.2. The fourth-order valence-corrected chi connectivity index (χ4v) is 3.33.